The molecule has 0 saturated carbocycles. The second kappa shape index (κ2) is 8.60. The molecule has 1 aliphatic rings. The molecule has 0 radical (unpaired) electrons. The van der Waals surface area contributed by atoms with Gasteiger partial charge in [-0.15, -0.1) is 0 Å². The highest BCUT2D eigenvalue weighted by Crippen LogP contribution is 2.23. The van der Waals surface area contributed by atoms with Crippen LogP contribution in [0.25, 0.3) is 0 Å². The highest BCUT2D eigenvalue weighted by molar-refractivity contribution is 7.84. The van der Waals surface area contributed by atoms with E-state index in [0.29, 0.717) is 16.3 Å². The standard InChI is InChI=1S/C20H23N3O5S/c1-4-9-23-13-21-10-15(23)12-29(26)16-7-5-14(6-8-16)22-11-17-18(24)27-20(2,3)28-19(17)25/h5-8,10-11,13,22H,4,9,12H2,1-3H3. The van der Waals surface area contributed by atoms with Gasteiger partial charge in [0.1, 0.15) is 0 Å². The van der Waals surface area contributed by atoms with Crippen molar-refractivity contribution >= 4 is 28.4 Å². The average molecular weight is 417 g/mol. The Balaban J connectivity index is 1.64. The zero-order valence-corrected chi connectivity index (χ0v) is 17.3. The number of nitrogens with one attached hydrogen (secondary N) is 1. The van der Waals surface area contributed by atoms with Crippen LogP contribution in [-0.2, 0) is 42.2 Å². The van der Waals surface area contributed by atoms with E-state index < -0.39 is 28.5 Å². The van der Waals surface area contributed by atoms with E-state index in [1.807, 2.05) is 4.57 Å². The van der Waals surface area contributed by atoms with Crippen LogP contribution < -0.4 is 5.32 Å². The lowest BCUT2D eigenvalue weighted by Crippen LogP contribution is -2.42. The van der Waals surface area contributed by atoms with Gasteiger partial charge in [0.15, 0.2) is 5.57 Å². The number of esters is 2. The summed E-state index contributed by atoms with van der Waals surface area (Å²) in [5.41, 5.74) is 1.33. The van der Waals surface area contributed by atoms with E-state index in [1.54, 1.807) is 36.8 Å². The number of aromatic nitrogens is 2. The summed E-state index contributed by atoms with van der Waals surface area (Å²) < 4.78 is 24.7. The van der Waals surface area contributed by atoms with E-state index in [9.17, 15) is 13.8 Å². The molecule has 0 aliphatic carbocycles. The number of rotatable bonds is 7. The monoisotopic (exact) mass is 417 g/mol. The summed E-state index contributed by atoms with van der Waals surface area (Å²) >= 11 is 0. The topological polar surface area (TPSA) is 99.5 Å². The van der Waals surface area contributed by atoms with Crippen molar-refractivity contribution in [1.82, 2.24) is 9.55 Å². The number of hydrogen-bond acceptors (Lipinski definition) is 7. The van der Waals surface area contributed by atoms with Crippen LogP contribution in [-0.4, -0.2) is 31.5 Å². The average Bonchev–Trinajstić information content (AvgIpc) is 3.07. The third kappa shape index (κ3) is 5.11. The number of imidazole rings is 1. The van der Waals surface area contributed by atoms with Crippen LogP contribution in [0.15, 0.2) is 53.5 Å². The van der Waals surface area contributed by atoms with Crippen molar-refractivity contribution in [1.29, 1.82) is 0 Å². The Bertz CT molecular complexity index is 941. The van der Waals surface area contributed by atoms with Crippen LogP contribution in [0.1, 0.15) is 32.9 Å². The van der Waals surface area contributed by atoms with Gasteiger partial charge < -0.3 is 19.4 Å². The Hall–Kier alpha value is -2.94. The molecule has 1 unspecified atom stereocenters. The third-order valence-electron chi connectivity index (χ3n) is 4.16. The quantitative estimate of drug-likeness (QED) is 0.420. The number of carbonyl (C=O) groups excluding carboxylic acids is 2. The molecule has 1 N–H and O–H groups in total. The number of cyclic esters (lactones) is 2. The summed E-state index contributed by atoms with van der Waals surface area (Å²) in [5.74, 6) is -2.39. The van der Waals surface area contributed by atoms with E-state index in [2.05, 4.69) is 17.2 Å². The van der Waals surface area contributed by atoms with Crippen LogP contribution in [0.4, 0.5) is 5.69 Å². The lowest BCUT2D eigenvalue weighted by molar-refractivity contribution is -0.222. The molecule has 0 spiro atoms. The molecule has 1 aliphatic heterocycles. The van der Waals surface area contributed by atoms with Crippen LogP contribution in [0.3, 0.4) is 0 Å². The highest BCUT2D eigenvalue weighted by Gasteiger charge is 2.38. The van der Waals surface area contributed by atoms with Gasteiger partial charge >= 0.3 is 11.9 Å². The molecule has 3 rings (SSSR count). The van der Waals surface area contributed by atoms with Crippen molar-refractivity contribution in [2.24, 2.45) is 0 Å². The highest BCUT2D eigenvalue weighted by atomic mass is 32.2. The number of anilines is 1. The van der Waals surface area contributed by atoms with Gasteiger partial charge in [-0.3, -0.25) is 4.21 Å². The fourth-order valence-electron chi connectivity index (χ4n) is 2.77. The number of hydrogen-bond donors (Lipinski definition) is 1. The molecule has 0 bridgehead atoms. The predicted octanol–water partition coefficient (Wildman–Crippen LogP) is 2.73. The lowest BCUT2D eigenvalue weighted by atomic mass is 10.2. The molecule has 0 amide bonds. The predicted molar refractivity (Wildman–Crippen MR) is 107 cm³/mol. The SMILES string of the molecule is CCCn1cncc1CS(=O)c1ccc(NC=C2C(=O)OC(C)(C)OC2=O)cc1. The second-order valence-corrected chi connectivity index (χ2v) is 8.42. The number of nitrogens with zero attached hydrogens (tertiary/aromatic N) is 2. The van der Waals surface area contributed by atoms with Crippen molar-refractivity contribution < 1.29 is 23.3 Å². The second-order valence-electron chi connectivity index (χ2n) is 6.97. The smallest absolute Gasteiger partial charge is 0.350 e. The van der Waals surface area contributed by atoms with E-state index in [4.69, 9.17) is 9.47 Å². The van der Waals surface area contributed by atoms with Gasteiger partial charge in [0, 0.05) is 43.4 Å². The number of aryl methyl sites for hydroxylation is 1. The van der Waals surface area contributed by atoms with Gasteiger partial charge in [0.05, 0.1) is 28.6 Å². The maximum absolute atomic E-state index is 12.6. The summed E-state index contributed by atoms with van der Waals surface area (Å²) in [6.45, 7) is 5.89. The number of ether oxygens (including phenoxy) is 2. The third-order valence-corrected chi connectivity index (χ3v) is 5.52. The largest absolute Gasteiger partial charge is 0.419 e. The summed E-state index contributed by atoms with van der Waals surface area (Å²) in [7, 11) is -1.22. The van der Waals surface area contributed by atoms with Crippen molar-refractivity contribution in [3.8, 4) is 0 Å². The first kappa shape index (κ1) is 20.8. The Labute approximate surface area is 171 Å². The maximum atomic E-state index is 12.6. The molecular formula is C20H23N3O5S. The summed E-state index contributed by atoms with van der Waals surface area (Å²) in [4.78, 5) is 28.7. The number of carbonyl (C=O) groups is 2. The van der Waals surface area contributed by atoms with Gasteiger partial charge in [-0.1, -0.05) is 6.92 Å². The minimum absolute atomic E-state index is 0.221. The number of benzene rings is 1. The van der Waals surface area contributed by atoms with Crippen LogP contribution in [0.2, 0.25) is 0 Å². The van der Waals surface area contributed by atoms with Gasteiger partial charge in [-0.05, 0) is 30.7 Å². The summed E-state index contributed by atoms with van der Waals surface area (Å²) in [6, 6.07) is 6.91. The van der Waals surface area contributed by atoms with E-state index >= 15 is 0 Å². The fourth-order valence-corrected chi connectivity index (χ4v) is 3.88. The van der Waals surface area contributed by atoms with Gasteiger partial charge in [0.25, 0.3) is 5.79 Å². The first-order chi connectivity index (χ1) is 13.8. The van der Waals surface area contributed by atoms with E-state index in [-0.39, 0.29) is 5.57 Å². The van der Waals surface area contributed by atoms with Gasteiger partial charge in [0.2, 0.25) is 0 Å². The zero-order chi connectivity index (χ0) is 21.0. The van der Waals surface area contributed by atoms with Crippen LogP contribution >= 0.6 is 0 Å². The zero-order valence-electron chi connectivity index (χ0n) is 16.5. The molecular weight excluding hydrogens is 394 g/mol. The fraction of sp³-hybridized carbons (Fsp3) is 0.350. The molecule has 1 aromatic heterocycles. The van der Waals surface area contributed by atoms with Gasteiger partial charge in [-0.25, -0.2) is 14.6 Å². The molecule has 154 valence electrons. The van der Waals surface area contributed by atoms with Crippen molar-refractivity contribution in [2.75, 3.05) is 5.32 Å². The Morgan fingerprint density at radius 1 is 1.17 bits per heavy atom. The van der Waals surface area contributed by atoms with Crippen molar-refractivity contribution in [3.63, 3.8) is 0 Å². The van der Waals surface area contributed by atoms with Crippen LogP contribution in [0, 0.1) is 0 Å². The van der Waals surface area contributed by atoms with E-state index in [0.717, 1.165) is 18.7 Å². The first-order valence-electron chi connectivity index (χ1n) is 9.20. The summed E-state index contributed by atoms with van der Waals surface area (Å²) in [5, 5.41) is 2.86. The molecule has 29 heavy (non-hydrogen) atoms. The molecule has 1 aromatic carbocycles. The Morgan fingerprint density at radius 3 is 2.45 bits per heavy atom. The van der Waals surface area contributed by atoms with Crippen LogP contribution in [0.5, 0.6) is 0 Å². The van der Waals surface area contributed by atoms with Gasteiger partial charge in [-0.2, -0.15) is 0 Å². The normalized spacial score (nSPS) is 16.7. The maximum Gasteiger partial charge on any atom is 0.350 e. The first-order valence-corrected chi connectivity index (χ1v) is 10.5. The Morgan fingerprint density at radius 2 is 1.83 bits per heavy atom. The molecule has 1 atom stereocenters. The molecule has 2 heterocycles. The molecule has 1 fully saturated rings. The van der Waals surface area contributed by atoms with E-state index in [1.165, 1.54) is 20.0 Å². The lowest BCUT2D eigenvalue weighted by Gasteiger charge is -2.29. The molecule has 8 nitrogen and oxygen atoms in total. The van der Waals surface area contributed by atoms with Crippen molar-refractivity contribution in [2.45, 2.75) is 50.2 Å². The van der Waals surface area contributed by atoms with Crippen molar-refractivity contribution in [3.05, 3.63) is 54.3 Å². The Kier molecular flexibility index (Phi) is 6.17. The summed E-state index contributed by atoms with van der Waals surface area (Å²) in [6.07, 6.45) is 5.71. The minimum atomic E-state index is -1.27. The minimum Gasteiger partial charge on any atom is -0.419 e. The molecule has 9 heteroatoms. The molecule has 1 saturated heterocycles. The molecule has 2 aromatic rings.